The van der Waals surface area contributed by atoms with Crippen molar-refractivity contribution in [3.63, 3.8) is 0 Å². The summed E-state index contributed by atoms with van der Waals surface area (Å²) >= 11 is 2.15. The van der Waals surface area contributed by atoms with Gasteiger partial charge in [-0.05, 0) is 47.9 Å². The molecule has 2 amide bonds. The number of rotatable bonds is 7. The van der Waals surface area contributed by atoms with Crippen molar-refractivity contribution in [2.45, 2.75) is 19.3 Å². The van der Waals surface area contributed by atoms with Gasteiger partial charge in [0.05, 0.1) is 6.54 Å². The van der Waals surface area contributed by atoms with Gasteiger partial charge in [-0.25, -0.2) is 9.78 Å². The van der Waals surface area contributed by atoms with E-state index in [-0.39, 0.29) is 25.6 Å². The van der Waals surface area contributed by atoms with Crippen LogP contribution in [0.5, 0.6) is 5.88 Å². The molecule has 1 N–H and O–H groups in total. The number of amides is 2. The molecule has 1 aromatic rings. The van der Waals surface area contributed by atoms with Crippen molar-refractivity contribution in [3.05, 3.63) is 34.1 Å². The Morgan fingerprint density at radius 2 is 2.08 bits per heavy atom. The summed E-state index contributed by atoms with van der Waals surface area (Å²) in [5, 5.41) is 9.25. The van der Waals surface area contributed by atoms with Crippen LogP contribution in [-0.2, 0) is 4.79 Å². The van der Waals surface area contributed by atoms with Crippen molar-refractivity contribution >= 4 is 34.6 Å². The Kier molecular flexibility index (Phi) is 7.96. The summed E-state index contributed by atoms with van der Waals surface area (Å²) in [5.74, 6) is 0.408. The van der Waals surface area contributed by atoms with Gasteiger partial charge in [0.25, 0.3) is 0 Å². The quantitative estimate of drug-likeness (QED) is 0.501. The largest absolute Gasteiger partial charge is 0.476 e. The Morgan fingerprint density at radius 3 is 2.72 bits per heavy atom. The highest BCUT2D eigenvalue weighted by molar-refractivity contribution is 14.1. The second kappa shape index (κ2) is 10.2. The first-order valence-electron chi connectivity index (χ1n) is 8.24. The van der Waals surface area contributed by atoms with Crippen molar-refractivity contribution < 1.29 is 19.4 Å². The first-order chi connectivity index (χ1) is 12.1. The molecule has 1 saturated heterocycles. The van der Waals surface area contributed by atoms with Crippen molar-refractivity contribution in [1.29, 1.82) is 0 Å². The predicted molar refractivity (Wildman–Crippen MR) is 102 cm³/mol. The van der Waals surface area contributed by atoms with Crippen LogP contribution < -0.4 is 4.74 Å². The van der Waals surface area contributed by atoms with Gasteiger partial charge in [0.1, 0.15) is 6.61 Å². The van der Waals surface area contributed by atoms with Crippen molar-refractivity contribution in [2.75, 3.05) is 32.8 Å². The molecule has 136 valence electrons. The van der Waals surface area contributed by atoms with Gasteiger partial charge in [-0.2, -0.15) is 0 Å². The molecule has 0 saturated carbocycles. The number of nitrogens with zero attached hydrogens (tertiary/aromatic N) is 3. The van der Waals surface area contributed by atoms with E-state index in [4.69, 9.17) is 4.74 Å². The monoisotopic (exact) mass is 459 g/mol. The zero-order valence-corrected chi connectivity index (χ0v) is 16.1. The Morgan fingerprint density at radius 1 is 1.32 bits per heavy atom. The lowest BCUT2D eigenvalue weighted by molar-refractivity contribution is -0.126. The van der Waals surface area contributed by atoms with Gasteiger partial charge in [0.2, 0.25) is 11.8 Å². The maximum atomic E-state index is 12.0. The highest BCUT2D eigenvalue weighted by Crippen LogP contribution is 2.10. The lowest BCUT2D eigenvalue weighted by Gasteiger charge is -2.25. The zero-order valence-electron chi connectivity index (χ0n) is 13.9. The maximum Gasteiger partial charge on any atom is 0.407 e. The Balaban J connectivity index is 1.75. The number of hydrogen-bond acceptors (Lipinski definition) is 4. The third-order valence-corrected chi connectivity index (χ3v) is 4.47. The van der Waals surface area contributed by atoms with Gasteiger partial charge in [-0.3, -0.25) is 4.79 Å². The number of carboxylic acid groups (broad SMARTS) is 1. The van der Waals surface area contributed by atoms with E-state index < -0.39 is 6.09 Å². The number of piperidine rings is 1. The second-order valence-corrected chi connectivity index (χ2v) is 6.93. The first-order valence-corrected chi connectivity index (χ1v) is 9.32. The molecule has 8 heteroatoms. The van der Waals surface area contributed by atoms with Crippen molar-refractivity contribution in [3.8, 4) is 5.88 Å². The zero-order chi connectivity index (χ0) is 18.1. The number of likely N-dealkylation sites (tertiary alicyclic amines) is 1. The van der Waals surface area contributed by atoms with Gasteiger partial charge in [-0.15, -0.1) is 0 Å². The SMILES string of the molecule is O=C(O)N(CC=CC(=O)N1CCCCC1)CCOc1ccc(I)cn1. The van der Waals surface area contributed by atoms with Gasteiger partial charge in [0, 0.05) is 41.5 Å². The third-order valence-electron chi connectivity index (χ3n) is 3.84. The Labute approximate surface area is 160 Å². The van der Waals surface area contributed by atoms with Crippen LogP contribution in [0.1, 0.15) is 19.3 Å². The lowest BCUT2D eigenvalue weighted by Crippen LogP contribution is -2.35. The van der Waals surface area contributed by atoms with E-state index in [0.717, 1.165) is 35.9 Å². The molecular weight excluding hydrogens is 437 g/mol. The van der Waals surface area contributed by atoms with Crippen LogP contribution in [0.2, 0.25) is 0 Å². The molecule has 0 atom stereocenters. The number of pyridine rings is 1. The Bertz CT molecular complexity index is 600. The smallest absolute Gasteiger partial charge is 0.407 e. The van der Waals surface area contributed by atoms with Crippen LogP contribution in [0.15, 0.2) is 30.5 Å². The van der Waals surface area contributed by atoms with Gasteiger partial charge in [-0.1, -0.05) is 6.08 Å². The number of carbonyl (C=O) groups is 2. The summed E-state index contributed by atoms with van der Waals surface area (Å²) in [6.45, 7) is 2.11. The fourth-order valence-corrected chi connectivity index (χ4v) is 2.79. The minimum atomic E-state index is -1.05. The van der Waals surface area contributed by atoms with E-state index in [0.29, 0.717) is 5.88 Å². The van der Waals surface area contributed by atoms with Crippen LogP contribution in [-0.4, -0.2) is 64.7 Å². The fraction of sp³-hybridized carbons (Fsp3) is 0.471. The van der Waals surface area contributed by atoms with Crippen LogP contribution >= 0.6 is 22.6 Å². The molecule has 0 spiro atoms. The Hall–Kier alpha value is -1.84. The average Bonchev–Trinajstić information content (AvgIpc) is 2.62. The van der Waals surface area contributed by atoms with Crippen molar-refractivity contribution in [2.24, 2.45) is 0 Å². The van der Waals surface area contributed by atoms with Crippen LogP contribution in [0.3, 0.4) is 0 Å². The second-order valence-electron chi connectivity index (χ2n) is 5.68. The van der Waals surface area contributed by atoms with E-state index >= 15 is 0 Å². The van der Waals surface area contributed by atoms with Gasteiger partial charge >= 0.3 is 6.09 Å². The molecule has 0 aliphatic carbocycles. The standard InChI is InChI=1S/C17H22IN3O4/c18-14-6-7-15(19-13-14)25-12-11-21(17(23)24)10-4-5-16(22)20-8-2-1-3-9-20/h4-7,13H,1-3,8-12H2,(H,23,24). The average molecular weight is 459 g/mol. The summed E-state index contributed by atoms with van der Waals surface area (Å²) in [4.78, 5) is 30.4. The summed E-state index contributed by atoms with van der Waals surface area (Å²) < 4.78 is 6.45. The maximum absolute atomic E-state index is 12.0. The normalized spacial score (nSPS) is 14.5. The first kappa shape index (κ1) is 19.5. The minimum absolute atomic E-state index is 0.0515. The topological polar surface area (TPSA) is 83.0 Å². The highest BCUT2D eigenvalue weighted by Gasteiger charge is 2.14. The molecule has 2 rings (SSSR count). The number of ether oxygens (including phenoxy) is 1. The van der Waals surface area contributed by atoms with Gasteiger partial charge < -0.3 is 19.6 Å². The summed E-state index contributed by atoms with van der Waals surface area (Å²) in [6.07, 6.45) is 6.91. The van der Waals surface area contributed by atoms with Crippen LogP contribution in [0.25, 0.3) is 0 Å². The van der Waals surface area contributed by atoms with Crippen molar-refractivity contribution in [1.82, 2.24) is 14.8 Å². The number of halogens is 1. The van der Waals surface area contributed by atoms with E-state index in [1.807, 2.05) is 6.07 Å². The molecular formula is C17H22IN3O4. The summed E-state index contributed by atoms with van der Waals surface area (Å²) in [5.41, 5.74) is 0. The van der Waals surface area contributed by atoms with E-state index in [2.05, 4.69) is 27.6 Å². The molecule has 0 radical (unpaired) electrons. The molecule has 7 nitrogen and oxygen atoms in total. The molecule has 0 aromatic carbocycles. The molecule has 0 unspecified atom stereocenters. The molecule has 1 aliphatic heterocycles. The molecule has 1 fully saturated rings. The molecule has 1 aliphatic rings. The van der Waals surface area contributed by atoms with Crippen LogP contribution in [0.4, 0.5) is 4.79 Å². The summed E-state index contributed by atoms with van der Waals surface area (Å²) in [6, 6.07) is 3.61. The molecule has 2 heterocycles. The lowest BCUT2D eigenvalue weighted by atomic mass is 10.1. The highest BCUT2D eigenvalue weighted by atomic mass is 127. The van der Waals surface area contributed by atoms with Gasteiger partial charge in [0.15, 0.2) is 0 Å². The van der Waals surface area contributed by atoms with E-state index in [1.165, 1.54) is 11.0 Å². The molecule has 1 aromatic heterocycles. The number of aromatic nitrogens is 1. The predicted octanol–water partition coefficient (Wildman–Crippen LogP) is 2.61. The fourth-order valence-electron chi connectivity index (χ4n) is 2.47. The molecule has 25 heavy (non-hydrogen) atoms. The van der Waals surface area contributed by atoms with E-state index in [1.54, 1.807) is 23.2 Å². The third kappa shape index (κ3) is 6.89. The van der Waals surface area contributed by atoms with Crippen LogP contribution in [0, 0.1) is 3.57 Å². The summed E-state index contributed by atoms with van der Waals surface area (Å²) in [7, 11) is 0. The van der Waals surface area contributed by atoms with E-state index in [9.17, 15) is 14.7 Å². The molecule has 0 bridgehead atoms. The number of hydrogen-bond donors (Lipinski definition) is 1. The minimum Gasteiger partial charge on any atom is -0.476 e. The number of carbonyl (C=O) groups excluding carboxylic acids is 1.